The summed E-state index contributed by atoms with van der Waals surface area (Å²) in [4.78, 5) is 4.05. The van der Waals surface area contributed by atoms with Gasteiger partial charge in [0.1, 0.15) is 5.82 Å². The Kier molecular flexibility index (Phi) is 1.53. The molecule has 0 aliphatic rings. The number of imidazole rings is 1. The lowest BCUT2D eigenvalue weighted by Gasteiger charge is -2.02. The second kappa shape index (κ2) is 2.19. The van der Waals surface area contributed by atoms with E-state index in [1.54, 1.807) is 6.20 Å². The van der Waals surface area contributed by atoms with Gasteiger partial charge in [0.25, 0.3) is 0 Å². The van der Waals surface area contributed by atoms with Gasteiger partial charge in [-0.15, -0.1) is 0 Å². The highest BCUT2D eigenvalue weighted by atomic mass is 15.1. The fraction of sp³-hybridized carbons (Fsp3) is 0.500. The maximum absolute atomic E-state index is 5.58. The molecule has 1 rings (SSSR count). The van der Waals surface area contributed by atoms with Crippen LogP contribution in [0.4, 0.5) is 0 Å². The van der Waals surface area contributed by atoms with Gasteiger partial charge in [-0.05, 0) is 6.92 Å². The van der Waals surface area contributed by atoms with Crippen LogP contribution < -0.4 is 5.73 Å². The molecule has 1 heterocycles. The highest BCUT2D eigenvalue weighted by Crippen LogP contribution is 2.02. The van der Waals surface area contributed by atoms with E-state index in [1.165, 1.54) is 0 Å². The van der Waals surface area contributed by atoms with Crippen LogP contribution in [-0.2, 0) is 7.05 Å². The number of rotatable bonds is 1. The zero-order chi connectivity index (χ0) is 6.85. The van der Waals surface area contributed by atoms with Crippen LogP contribution in [-0.4, -0.2) is 9.55 Å². The average molecular weight is 125 g/mol. The summed E-state index contributed by atoms with van der Waals surface area (Å²) in [5.74, 6) is 0.926. The van der Waals surface area contributed by atoms with Gasteiger partial charge in [0.05, 0.1) is 6.04 Å². The first-order chi connectivity index (χ1) is 4.22. The molecule has 0 aliphatic heterocycles. The molecule has 0 fully saturated rings. The van der Waals surface area contributed by atoms with Crippen LogP contribution in [0.1, 0.15) is 18.8 Å². The maximum atomic E-state index is 5.58. The Bertz CT molecular complexity index is 190. The summed E-state index contributed by atoms with van der Waals surface area (Å²) in [6.07, 6.45) is 3.64. The molecule has 1 aromatic heterocycles. The quantitative estimate of drug-likeness (QED) is 0.591. The zero-order valence-electron chi connectivity index (χ0n) is 5.70. The van der Waals surface area contributed by atoms with Crippen molar-refractivity contribution >= 4 is 0 Å². The van der Waals surface area contributed by atoms with Gasteiger partial charge in [-0.2, -0.15) is 0 Å². The lowest BCUT2D eigenvalue weighted by Crippen LogP contribution is -2.10. The molecular formula is C6H11N3. The van der Waals surface area contributed by atoms with Crippen molar-refractivity contribution in [3.05, 3.63) is 18.2 Å². The molecule has 0 aromatic carbocycles. The fourth-order valence-electron chi connectivity index (χ4n) is 0.816. The molecule has 3 nitrogen and oxygen atoms in total. The molecule has 0 saturated heterocycles. The summed E-state index contributed by atoms with van der Waals surface area (Å²) < 4.78 is 1.92. The summed E-state index contributed by atoms with van der Waals surface area (Å²) in [5.41, 5.74) is 5.58. The van der Waals surface area contributed by atoms with E-state index >= 15 is 0 Å². The minimum atomic E-state index is 0.0324. The minimum Gasteiger partial charge on any atom is -0.337 e. The van der Waals surface area contributed by atoms with Gasteiger partial charge in [0.15, 0.2) is 0 Å². The van der Waals surface area contributed by atoms with Crippen LogP contribution in [0.5, 0.6) is 0 Å². The van der Waals surface area contributed by atoms with Crippen LogP contribution in [0.2, 0.25) is 0 Å². The van der Waals surface area contributed by atoms with E-state index in [1.807, 2.05) is 24.7 Å². The van der Waals surface area contributed by atoms with Crippen molar-refractivity contribution in [1.82, 2.24) is 9.55 Å². The van der Waals surface area contributed by atoms with Crippen molar-refractivity contribution < 1.29 is 0 Å². The number of hydrogen-bond donors (Lipinski definition) is 1. The van der Waals surface area contributed by atoms with E-state index in [0.29, 0.717) is 0 Å². The van der Waals surface area contributed by atoms with Crippen molar-refractivity contribution in [1.29, 1.82) is 0 Å². The smallest absolute Gasteiger partial charge is 0.125 e. The Hall–Kier alpha value is -0.830. The van der Waals surface area contributed by atoms with E-state index in [9.17, 15) is 0 Å². The molecule has 1 atom stereocenters. The first-order valence-corrected chi connectivity index (χ1v) is 2.94. The largest absolute Gasteiger partial charge is 0.337 e. The fourth-order valence-corrected chi connectivity index (χ4v) is 0.816. The van der Waals surface area contributed by atoms with Crippen molar-refractivity contribution in [2.24, 2.45) is 12.8 Å². The maximum Gasteiger partial charge on any atom is 0.125 e. The highest BCUT2D eigenvalue weighted by molar-refractivity contribution is 4.95. The summed E-state index contributed by atoms with van der Waals surface area (Å²) in [6, 6.07) is 0.0324. The molecular weight excluding hydrogens is 114 g/mol. The lowest BCUT2D eigenvalue weighted by atomic mass is 10.3. The zero-order valence-corrected chi connectivity index (χ0v) is 5.70. The van der Waals surface area contributed by atoms with E-state index in [-0.39, 0.29) is 6.04 Å². The van der Waals surface area contributed by atoms with Crippen LogP contribution in [0.3, 0.4) is 0 Å². The van der Waals surface area contributed by atoms with Gasteiger partial charge in [0.2, 0.25) is 0 Å². The standard InChI is InChI=1S/C6H11N3/c1-5(7)6-8-3-4-9(6)2/h3-5H,7H2,1-2H3/t5-/m1/s1. The Morgan fingerprint density at radius 2 is 2.44 bits per heavy atom. The van der Waals surface area contributed by atoms with Crippen molar-refractivity contribution in [2.75, 3.05) is 0 Å². The second-order valence-corrected chi connectivity index (χ2v) is 2.19. The van der Waals surface area contributed by atoms with Gasteiger partial charge >= 0.3 is 0 Å². The first-order valence-electron chi connectivity index (χ1n) is 2.94. The summed E-state index contributed by atoms with van der Waals surface area (Å²) in [5, 5.41) is 0. The van der Waals surface area contributed by atoms with Gasteiger partial charge < -0.3 is 10.3 Å². The Labute approximate surface area is 54.5 Å². The van der Waals surface area contributed by atoms with E-state index in [4.69, 9.17) is 5.73 Å². The topological polar surface area (TPSA) is 43.8 Å². The van der Waals surface area contributed by atoms with E-state index < -0.39 is 0 Å². The molecule has 0 saturated carbocycles. The Morgan fingerprint density at radius 3 is 2.67 bits per heavy atom. The minimum absolute atomic E-state index is 0.0324. The molecule has 1 aromatic rings. The predicted molar refractivity (Wildman–Crippen MR) is 35.8 cm³/mol. The summed E-state index contributed by atoms with van der Waals surface area (Å²) in [7, 11) is 1.94. The number of nitrogens with two attached hydrogens (primary N) is 1. The van der Waals surface area contributed by atoms with E-state index in [2.05, 4.69) is 4.98 Å². The Morgan fingerprint density at radius 1 is 1.78 bits per heavy atom. The molecule has 0 amide bonds. The third-order valence-electron chi connectivity index (χ3n) is 1.27. The third kappa shape index (κ3) is 1.10. The normalized spacial score (nSPS) is 13.7. The molecule has 0 spiro atoms. The molecule has 9 heavy (non-hydrogen) atoms. The molecule has 3 heteroatoms. The molecule has 0 unspecified atom stereocenters. The SMILES string of the molecule is C[C@@H](N)c1nccn1C. The number of hydrogen-bond acceptors (Lipinski definition) is 2. The Balaban J connectivity index is 2.94. The monoisotopic (exact) mass is 125 g/mol. The van der Waals surface area contributed by atoms with Crippen LogP contribution >= 0.6 is 0 Å². The number of nitrogens with zero attached hydrogens (tertiary/aromatic N) is 2. The third-order valence-corrected chi connectivity index (χ3v) is 1.27. The molecule has 50 valence electrons. The molecule has 2 N–H and O–H groups in total. The van der Waals surface area contributed by atoms with Crippen molar-refractivity contribution in [3.63, 3.8) is 0 Å². The second-order valence-electron chi connectivity index (χ2n) is 2.19. The lowest BCUT2D eigenvalue weighted by molar-refractivity contribution is 0.686. The summed E-state index contributed by atoms with van der Waals surface area (Å²) >= 11 is 0. The van der Waals surface area contributed by atoms with Gasteiger partial charge in [-0.3, -0.25) is 0 Å². The highest BCUT2D eigenvalue weighted by Gasteiger charge is 2.01. The molecule has 0 radical (unpaired) electrons. The van der Waals surface area contributed by atoms with Crippen LogP contribution in [0.15, 0.2) is 12.4 Å². The molecule has 0 aliphatic carbocycles. The number of aromatic nitrogens is 2. The van der Waals surface area contributed by atoms with Gasteiger partial charge in [-0.1, -0.05) is 0 Å². The van der Waals surface area contributed by atoms with E-state index in [0.717, 1.165) is 5.82 Å². The molecule has 0 bridgehead atoms. The van der Waals surface area contributed by atoms with Gasteiger partial charge in [-0.25, -0.2) is 4.98 Å². The first kappa shape index (κ1) is 6.29. The summed E-state index contributed by atoms with van der Waals surface area (Å²) in [6.45, 7) is 1.92. The van der Waals surface area contributed by atoms with Crippen LogP contribution in [0, 0.1) is 0 Å². The van der Waals surface area contributed by atoms with Gasteiger partial charge in [0, 0.05) is 19.4 Å². The van der Waals surface area contributed by atoms with Crippen LogP contribution in [0.25, 0.3) is 0 Å². The average Bonchev–Trinajstić information content (AvgIpc) is 2.13. The predicted octanol–water partition coefficient (Wildman–Crippen LogP) is 0.440. The number of aryl methyl sites for hydroxylation is 1. The van der Waals surface area contributed by atoms with Crippen molar-refractivity contribution in [2.45, 2.75) is 13.0 Å². The van der Waals surface area contributed by atoms with Crippen molar-refractivity contribution in [3.8, 4) is 0 Å².